The van der Waals surface area contributed by atoms with Gasteiger partial charge in [0.25, 0.3) is 5.56 Å². The molecule has 1 aromatic carbocycles. The average molecular weight is 309 g/mol. The summed E-state index contributed by atoms with van der Waals surface area (Å²) in [7, 11) is 0. The molecule has 5 heteroatoms. The molecule has 0 fully saturated rings. The molecule has 1 aromatic heterocycles. The van der Waals surface area contributed by atoms with Crippen LogP contribution in [0.25, 0.3) is 0 Å². The van der Waals surface area contributed by atoms with Crippen LogP contribution in [0, 0.1) is 0 Å². The van der Waals surface area contributed by atoms with Crippen molar-refractivity contribution in [1.29, 1.82) is 0 Å². The summed E-state index contributed by atoms with van der Waals surface area (Å²) in [5.74, 6) is 0. The van der Waals surface area contributed by atoms with E-state index in [1.807, 2.05) is 31.2 Å². The molecule has 4 nitrogen and oxygen atoms in total. The number of halogens is 1. The monoisotopic (exact) mass is 308 g/mol. The Labute approximate surface area is 113 Å². The predicted molar refractivity (Wildman–Crippen MR) is 73.9 cm³/mol. The fraction of sp³-hybridized carbons (Fsp3) is 0.231. The summed E-state index contributed by atoms with van der Waals surface area (Å²) in [5, 5.41) is 0. The predicted octanol–water partition coefficient (Wildman–Crippen LogP) is 1.84. The van der Waals surface area contributed by atoms with Crippen LogP contribution in [0.5, 0.6) is 0 Å². The van der Waals surface area contributed by atoms with Crippen molar-refractivity contribution in [2.75, 3.05) is 0 Å². The normalized spacial score (nSPS) is 10.6. The fourth-order valence-electron chi connectivity index (χ4n) is 1.74. The SMILES string of the molecule is CCn1ccc(=O)n(Cc2ccccc2Br)c1=O. The summed E-state index contributed by atoms with van der Waals surface area (Å²) in [4.78, 5) is 23.8. The smallest absolute Gasteiger partial charge is 0.301 e. The fourth-order valence-corrected chi connectivity index (χ4v) is 2.15. The highest BCUT2D eigenvalue weighted by Gasteiger charge is 2.06. The minimum atomic E-state index is -0.277. The summed E-state index contributed by atoms with van der Waals surface area (Å²) in [5.41, 5.74) is 0.353. The Morgan fingerprint density at radius 1 is 1.17 bits per heavy atom. The van der Waals surface area contributed by atoms with E-state index in [9.17, 15) is 9.59 Å². The number of rotatable bonds is 3. The number of nitrogens with zero attached hydrogens (tertiary/aromatic N) is 2. The van der Waals surface area contributed by atoms with Crippen molar-refractivity contribution < 1.29 is 0 Å². The van der Waals surface area contributed by atoms with Crippen LogP contribution in [0.2, 0.25) is 0 Å². The van der Waals surface area contributed by atoms with Gasteiger partial charge in [0.05, 0.1) is 6.54 Å². The van der Waals surface area contributed by atoms with E-state index < -0.39 is 0 Å². The second-order valence-corrected chi connectivity index (χ2v) is 4.75. The van der Waals surface area contributed by atoms with Crippen LogP contribution < -0.4 is 11.2 Å². The van der Waals surface area contributed by atoms with Gasteiger partial charge in [0, 0.05) is 23.3 Å². The highest BCUT2D eigenvalue weighted by atomic mass is 79.9. The van der Waals surface area contributed by atoms with Crippen molar-refractivity contribution in [2.45, 2.75) is 20.0 Å². The van der Waals surface area contributed by atoms with Crippen LogP contribution in [0.15, 0.2) is 50.6 Å². The van der Waals surface area contributed by atoms with Crippen molar-refractivity contribution in [3.05, 3.63) is 67.4 Å². The summed E-state index contributed by atoms with van der Waals surface area (Å²) in [6, 6.07) is 8.97. The molecule has 0 saturated heterocycles. The van der Waals surface area contributed by atoms with E-state index in [2.05, 4.69) is 15.9 Å². The lowest BCUT2D eigenvalue weighted by Crippen LogP contribution is -2.39. The highest BCUT2D eigenvalue weighted by molar-refractivity contribution is 9.10. The van der Waals surface area contributed by atoms with E-state index in [4.69, 9.17) is 0 Å². The summed E-state index contributed by atoms with van der Waals surface area (Å²) in [6.07, 6.45) is 1.53. The van der Waals surface area contributed by atoms with Gasteiger partial charge in [-0.15, -0.1) is 0 Å². The highest BCUT2D eigenvalue weighted by Crippen LogP contribution is 2.15. The molecule has 18 heavy (non-hydrogen) atoms. The molecule has 0 unspecified atom stereocenters. The Morgan fingerprint density at radius 2 is 1.89 bits per heavy atom. The average Bonchev–Trinajstić information content (AvgIpc) is 2.37. The number of aryl methyl sites for hydroxylation is 1. The van der Waals surface area contributed by atoms with E-state index in [1.54, 1.807) is 0 Å². The second-order valence-electron chi connectivity index (χ2n) is 3.90. The van der Waals surface area contributed by atoms with E-state index in [0.717, 1.165) is 10.0 Å². The van der Waals surface area contributed by atoms with Crippen LogP contribution in [-0.4, -0.2) is 9.13 Å². The molecule has 0 bridgehead atoms. The maximum atomic E-state index is 12.0. The number of benzene rings is 1. The first-order valence-corrected chi connectivity index (χ1v) is 6.46. The number of hydrogen-bond acceptors (Lipinski definition) is 2. The summed E-state index contributed by atoms with van der Waals surface area (Å²) in [6.45, 7) is 2.70. The van der Waals surface area contributed by atoms with Crippen LogP contribution in [-0.2, 0) is 13.1 Å². The van der Waals surface area contributed by atoms with E-state index >= 15 is 0 Å². The standard InChI is InChI=1S/C13H13BrN2O2/c1-2-15-8-7-12(17)16(13(15)18)9-10-5-3-4-6-11(10)14/h3-8H,2,9H2,1H3. The van der Waals surface area contributed by atoms with Gasteiger partial charge >= 0.3 is 5.69 Å². The zero-order chi connectivity index (χ0) is 13.1. The molecule has 0 amide bonds. The Bertz CT molecular complexity index is 673. The molecule has 2 rings (SSSR count). The number of hydrogen-bond donors (Lipinski definition) is 0. The van der Waals surface area contributed by atoms with Gasteiger partial charge in [-0.05, 0) is 18.6 Å². The molecular weight excluding hydrogens is 296 g/mol. The summed E-state index contributed by atoms with van der Waals surface area (Å²) < 4.78 is 3.64. The van der Waals surface area contributed by atoms with Gasteiger partial charge in [-0.3, -0.25) is 9.36 Å². The minimum absolute atomic E-state index is 0.277. The van der Waals surface area contributed by atoms with Gasteiger partial charge in [-0.25, -0.2) is 4.79 Å². The van der Waals surface area contributed by atoms with Gasteiger partial charge < -0.3 is 4.57 Å². The second kappa shape index (κ2) is 5.35. The molecule has 1 heterocycles. The molecule has 0 saturated carbocycles. The van der Waals surface area contributed by atoms with Crippen LogP contribution in [0.3, 0.4) is 0 Å². The van der Waals surface area contributed by atoms with Crippen molar-refractivity contribution in [1.82, 2.24) is 9.13 Å². The van der Waals surface area contributed by atoms with Gasteiger partial charge in [0.2, 0.25) is 0 Å². The van der Waals surface area contributed by atoms with E-state index in [1.165, 1.54) is 21.4 Å². The van der Waals surface area contributed by atoms with Gasteiger partial charge in [0.15, 0.2) is 0 Å². The molecule has 94 valence electrons. The maximum absolute atomic E-state index is 12.0. The van der Waals surface area contributed by atoms with Crippen LogP contribution in [0.4, 0.5) is 0 Å². The Kier molecular flexibility index (Phi) is 3.81. The molecule has 0 aliphatic carbocycles. The Balaban J connectivity index is 2.50. The van der Waals surface area contributed by atoms with Crippen LogP contribution in [0.1, 0.15) is 12.5 Å². The van der Waals surface area contributed by atoms with E-state index in [0.29, 0.717) is 6.54 Å². The lowest BCUT2D eigenvalue weighted by molar-refractivity contribution is 0.599. The molecule has 2 aromatic rings. The largest absolute Gasteiger partial charge is 0.331 e. The molecule has 0 N–H and O–H groups in total. The first-order chi connectivity index (χ1) is 8.63. The molecule has 0 spiro atoms. The van der Waals surface area contributed by atoms with Crippen LogP contribution >= 0.6 is 15.9 Å². The Hall–Kier alpha value is -1.62. The van der Waals surface area contributed by atoms with Gasteiger partial charge in [-0.2, -0.15) is 0 Å². The first kappa shape index (κ1) is 12.8. The van der Waals surface area contributed by atoms with Crippen molar-refractivity contribution in [2.24, 2.45) is 0 Å². The third-order valence-corrected chi connectivity index (χ3v) is 3.54. The van der Waals surface area contributed by atoms with Crippen molar-refractivity contribution in [3.63, 3.8) is 0 Å². The van der Waals surface area contributed by atoms with Crippen molar-refractivity contribution in [3.8, 4) is 0 Å². The molecule has 0 aliphatic rings. The lowest BCUT2D eigenvalue weighted by Gasteiger charge is -2.09. The molecule has 0 aliphatic heterocycles. The topological polar surface area (TPSA) is 44.0 Å². The number of aromatic nitrogens is 2. The quantitative estimate of drug-likeness (QED) is 0.868. The molecule has 0 atom stereocenters. The third-order valence-electron chi connectivity index (χ3n) is 2.77. The third kappa shape index (κ3) is 2.46. The first-order valence-electron chi connectivity index (χ1n) is 5.67. The molecule has 0 radical (unpaired) electrons. The minimum Gasteiger partial charge on any atom is -0.301 e. The zero-order valence-electron chi connectivity index (χ0n) is 9.97. The Morgan fingerprint density at radius 3 is 2.56 bits per heavy atom. The molecular formula is C13H13BrN2O2. The lowest BCUT2D eigenvalue weighted by atomic mass is 10.2. The van der Waals surface area contributed by atoms with Gasteiger partial charge in [0.1, 0.15) is 0 Å². The maximum Gasteiger partial charge on any atom is 0.331 e. The summed E-state index contributed by atoms with van der Waals surface area (Å²) >= 11 is 3.41. The van der Waals surface area contributed by atoms with Gasteiger partial charge in [-0.1, -0.05) is 34.1 Å². The van der Waals surface area contributed by atoms with Crippen molar-refractivity contribution >= 4 is 15.9 Å². The zero-order valence-corrected chi connectivity index (χ0v) is 11.6. The van der Waals surface area contributed by atoms with E-state index in [-0.39, 0.29) is 17.8 Å².